The van der Waals surface area contributed by atoms with Gasteiger partial charge in [0.05, 0.1) is 0 Å². The van der Waals surface area contributed by atoms with E-state index in [-0.39, 0.29) is 0 Å². The lowest BCUT2D eigenvalue weighted by Gasteiger charge is -2.26. The summed E-state index contributed by atoms with van der Waals surface area (Å²) in [6.07, 6.45) is 9.25. The molecule has 0 radical (unpaired) electrons. The Labute approximate surface area is 99.1 Å². The minimum Gasteiger partial charge on any atom is -0.370 e. The number of hydrogen-bond acceptors (Lipinski definition) is 1. The van der Waals surface area contributed by atoms with E-state index in [0.29, 0.717) is 11.5 Å². The van der Waals surface area contributed by atoms with E-state index in [2.05, 4.69) is 23.9 Å². The first-order valence-corrected chi connectivity index (χ1v) is 6.70. The number of aliphatic imine (C=N–C) groups is 1. The van der Waals surface area contributed by atoms with E-state index < -0.39 is 0 Å². The normalized spacial score (nSPS) is 24.8. The summed E-state index contributed by atoms with van der Waals surface area (Å²) in [5, 5.41) is 0. The van der Waals surface area contributed by atoms with Crippen molar-refractivity contribution in [2.24, 2.45) is 16.1 Å². The fourth-order valence-electron chi connectivity index (χ4n) is 2.76. The maximum absolute atomic E-state index is 6.03. The van der Waals surface area contributed by atoms with Crippen LogP contribution in [0.25, 0.3) is 0 Å². The standard InChI is InChI=1S/C13H25N3/c1-3-13(8-4-5-9-13)10-15-12(14)16(2)11-6-7-11/h11H,3-10H2,1-2H3,(H2,14,15). The van der Waals surface area contributed by atoms with E-state index in [1.165, 1.54) is 44.9 Å². The molecule has 16 heavy (non-hydrogen) atoms. The molecule has 3 nitrogen and oxygen atoms in total. The molecule has 2 N–H and O–H groups in total. The Morgan fingerprint density at radius 2 is 2.00 bits per heavy atom. The van der Waals surface area contributed by atoms with Crippen LogP contribution in [0, 0.1) is 5.41 Å². The zero-order valence-electron chi connectivity index (χ0n) is 10.7. The number of nitrogens with zero attached hydrogens (tertiary/aromatic N) is 2. The van der Waals surface area contributed by atoms with Crippen LogP contribution in [-0.2, 0) is 0 Å². The maximum atomic E-state index is 6.03. The summed E-state index contributed by atoms with van der Waals surface area (Å²) in [5.41, 5.74) is 6.49. The quantitative estimate of drug-likeness (QED) is 0.587. The van der Waals surface area contributed by atoms with Gasteiger partial charge in [0.25, 0.3) is 0 Å². The van der Waals surface area contributed by atoms with Crippen molar-refractivity contribution in [2.45, 2.75) is 57.9 Å². The van der Waals surface area contributed by atoms with Crippen molar-refractivity contribution in [3.8, 4) is 0 Å². The average Bonchev–Trinajstić information content (AvgIpc) is 3.05. The van der Waals surface area contributed by atoms with Crippen molar-refractivity contribution in [3.63, 3.8) is 0 Å². The number of guanidine groups is 1. The van der Waals surface area contributed by atoms with Gasteiger partial charge in [0, 0.05) is 19.6 Å². The zero-order valence-corrected chi connectivity index (χ0v) is 10.7. The van der Waals surface area contributed by atoms with E-state index in [0.717, 1.165) is 12.5 Å². The SMILES string of the molecule is CCC1(CN=C(N)N(C)C2CC2)CCCC1. The molecular formula is C13H25N3. The van der Waals surface area contributed by atoms with Crippen molar-refractivity contribution in [2.75, 3.05) is 13.6 Å². The Morgan fingerprint density at radius 3 is 2.50 bits per heavy atom. The van der Waals surface area contributed by atoms with Gasteiger partial charge >= 0.3 is 0 Å². The lowest BCUT2D eigenvalue weighted by Crippen LogP contribution is -2.36. The highest BCUT2D eigenvalue weighted by atomic mass is 15.3. The van der Waals surface area contributed by atoms with Crippen molar-refractivity contribution in [1.82, 2.24) is 4.90 Å². The number of nitrogens with two attached hydrogens (primary N) is 1. The van der Waals surface area contributed by atoms with E-state index in [1.54, 1.807) is 0 Å². The summed E-state index contributed by atoms with van der Waals surface area (Å²) < 4.78 is 0. The van der Waals surface area contributed by atoms with Gasteiger partial charge in [0.15, 0.2) is 5.96 Å². The first-order chi connectivity index (χ1) is 7.67. The molecule has 92 valence electrons. The summed E-state index contributed by atoms with van der Waals surface area (Å²) in [6, 6.07) is 0.671. The summed E-state index contributed by atoms with van der Waals surface area (Å²) in [7, 11) is 2.07. The molecule has 2 rings (SSSR count). The first kappa shape index (κ1) is 11.7. The van der Waals surface area contributed by atoms with E-state index in [9.17, 15) is 0 Å². The van der Waals surface area contributed by atoms with Crippen molar-refractivity contribution in [1.29, 1.82) is 0 Å². The molecule has 0 heterocycles. The fraction of sp³-hybridized carbons (Fsp3) is 0.923. The van der Waals surface area contributed by atoms with Crippen LogP contribution in [0.1, 0.15) is 51.9 Å². The number of rotatable bonds is 4. The van der Waals surface area contributed by atoms with Gasteiger partial charge in [-0.1, -0.05) is 19.8 Å². The van der Waals surface area contributed by atoms with Crippen molar-refractivity contribution >= 4 is 5.96 Å². The third-order valence-electron chi connectivity index (χ3n) is 4.45. The largest absolute Gasteiger partial charge is 0.370 e. The summed E-state index contributed by atoms with van der Waals surface area (Å²) in [6.45, 7) is 3.23. The average molecular weight is 223 g/mol. The molecule has 0 saturated heterocycles. The van der Waals surface area contributed by atoms with Crippen LogP contribution in [0.5, 0.6) is 0 Å². The molecule has 0 aliphatic heterocycles. The molecule has 0 atom stereocenters. The molecule has 2 saturated carbocycles. The van der Waals surface area contributed by atoms with Crippen LogP contribution in [0.3, 0.4) is 0 Å². The summed E-state index contributed by atoms with van der Waals surface area (Å²) in [4.78, 5) is 6.78. The molecule has 0 aromatic carbocycles. The van der Waals surface area contributed by atoms with Crippen molar-refractivity contribution < 1.29 is 0 Å². The third kappa shape index (κ3) is 2.50. The van der Waals surface area contributed by atoms with Gasteiger partial charge in [-0.05, 0) is 37.5 Å². The van der Waals surface area contributed by atoms with Crippen LogP contribution < -0.4 is 5.73 Å². The van der Waals surface area contributed by atoms with Gasteiger partial charge in [-0.25, -0.2) is 0 Å². The van der Waals surface area contributed by atoms with E-state index >= 15 is 0 Å². The van der Waals surface area contributed by atoms with Gasteiger partial charge < -0.3 is 10.6 Å². The Kier molecular flexibility index (Phi) is 3.41. The molecule has 3 heteroatoms. The minimum absolute atomic E-state index is 0.467. The van der Waals surface area contributed by atoms with Gasteiger partial charge in [-0.3, -0.25) is 4.99 Å². The van der Waals surface area contributed by atoms with Crippen LogP contribution in [0.2, 0.25) is 0 Å². The molecule has 0 spiro atoms. The molecule has 0 amide bonds. The molecule has 2 fully saturated rings. The fourth-order valence-corrected chi connectivity index (χ4v) is 2.76. The van der Waals surface area contributed by atoms with Crippen LogP contribution in [0.4, 0.5) is 0 Å². The predicted octanol–water partition coefficient (Wildman–Crippen LogP) is 2.37. The second-order valence-electron chi connectivity index (χ2n) is 5.58. The van der Waals surface area contributed by atoms with E-state index in [1.807, 2.05) is 0 Å². The highest BCUT2D eigenvalue weighted by molar-refractivity contribution is 5.78. The first-order valence-electron chi connectivity index (χ1n) is 6.70. The molecule has 0 bridgehead atoms. The van der Waals surface area contributed by atoms with Gasteiger partial charge in [0.1, 0.15) is 0 Å². The maximum Gasteiger partial charge on any atom is 0.191 e. The Hall–Kier alpha value is -0.730. The Balaban J connectivity index is 1.90. The molecule has 0 unspecified atom stereocenters. The van der Waals surface area contributed by atoms with Crippen LogP contribution in [-0.4, -0.2) is 30.5 Å². The number of hydrogen-bond donors (Lipinski definition) is 1. The zero-order chi connectivity index (χ0) is 11.6. The van der Waals surface area contributed by atoms with Gasteiger partial charge in [-0.2, -0.15) is 0 Å². The lowest BCUT2D eigenvalue weighted by molar-refractivity contribution is 0.295. The van der Waals surface area contributed by atoms with Crippen molar-refractivity contribution in [3.05, 3.63) is 0 Å². The summed E-state index contributed by atoms with van der Waals surface area (Å²) >= 11 is 0. The monoisotopic (exact) mass is 223 g/mol. The predicted molar refractivity (Wildman–Crippen MR) is 68.5 cm³/mol. The molecule has 2 aliphatic rings. The highest BCUT2D eigenvalue weighted by Crippen LogP contribution is 2.41. The van der Waals surface area contributed by atoms with Crippen LogP contribution >= 0.6 is 0 Å². The third-order valence-corrected chi connectivity index (χ3v) is 4.45. The highest BCUT2D eigenvalue weighted by Gasteiger charge is 2.32. The second kappa shape index (κ2) is 4.64. The van der Waals surface area contributed by atoms with Gasteiger partial charge in [0.2, 0.25) is 0 Å². The molecule has 0 aromatic rings. The minimum atomic E-state index is 0.467. The molecular weight excluding hydrogens is 198 g/mol. The Morgan fingerprint density at radius 1 is 1.38 bits per heavy atom. The second-order valence-corrected chi connectivity index (χ2v) is 5.58. The van der Waals surface area contributed by atoms with Crippen LogP contribution in [0.15, 0.2) is 4.99 Å². The lowest BCUT2D eigenvalue weighted by atomic mass is 9.84. The molecule has 2 aliphatic carbocycles. The topological polar surface area (TPSA) is 41.6 Å². The summed E-state index contributed by atoms with van der Waals surface area (Å²) in [5.74, 6) is 0.752. The van der Waals surface area contributed by atoms with Gasteiger partial charge in [-0.15, -0.1) is 0 Å². The smallest absolute Gasteiger partial charge is 0.191 e. The Bertz CT molecular complexity index is 262. The van der Waals surface area contributed by atoms with E-state index in [4.69, 9.17) is 5.73 Å². The molecule has 0 aromatic heterocycles.